The first-order valence-electron chi connectivity index (χ1n) is 8.78. The summed E-state index contributed by atoms with van der Waals surface area (Å²) in [5.41, 5.74) is 2.14. The number of carbonyl (C=O) groups excluding carboxylic acids is 1. The van der Waals surface area contributed by atoms with Crippen LogP contribution < -0.4 is 5.32 Å². The highest BCUT2D eigenvalue weighted by Gasteiger charge is 2.61. The molecule has 4 heteroatoms. The van der Waals surface area contributed by atoms with Crippen molar-refractivity contribution in [2.24, 2.45) is 17.3 Å². The Morgan fingerprint density at radius 1 is 1.30 bits per heavy atom. The van der Waals surface area contributed by atoms with Crippen LogP contribution in [0.4, 0.5) is 0 Å². The van der Waals surface area contributed by atoms with E-state index in [1.165, 1.54) is 31.9 Å². The molecule has 124 valence electrons. The fourth-order valence-corrected chi connectivity index (χ4v) is 5.81. The largest absolute Gasteiger partial charge is 0.469 e. The third kappa shape index (κ3) is 2.57. The predicted molar refractivity (Wildman–Crippen MR) is 87.7 cm³/mol. The van der Waals surface area contributed by atoms with Crippen LogP contribution in [0.1, 0.15) is 49.8 Å². The Morgan fingerprint density at radius 3 is 2.65 bits per heavy atom. The van der Waals surface area contributed by atoms with E-state index in [1.807, 2.05) is 6.20 Å². The number of esters is 1. The predicted octanol–water partition coefficient (Wildman–Crippen LogP) is 2.99. The molecule has 4 nitrogen and oxygen atoms in total. The van der Waals surface area contributed by atoms with Crippen molar-refractivity contribution in [3.63, 3.8) is 0 Å². The van der Waals surface area contributed by atoms with Crippen LogP contribution in [-0.2, 0) is 16.1 Å². The Morgan fingerprint density at radius 2 is 2.04 bits per heavy atom. The second-order valence-electron chi connectivity index (χ2n) is 8.19. The summed E-state index contributed by atoms with van der Waals surface area (Å²) in [5.74, 6) is 1.37. The van der Waals surface area contributed by atoms with Crippen molar-refractivity contribution in [2.75, 3.05) is 7.11 Å². The number of aryl methyl sites for hydroxylation is 1. The molecule has 4 aliphatic rings. The molecule has 4 fully saturated rings. The Bertz CT molecular complexity index is 596. The van der Waals surface area contributed by atoms with E-state index in [-0.39, 0.29) is 16.9 Å². The van der Waals surface area contributed by atoms with Crippen LogP contribution in [0.5, 0.6) is 0 Å². The first-order valence-corrected chi connectivity index (χ1v) is 8.78. The van der Waals surface area contributed by atoms with Crippen molar-refractivity contribution in [3.8, 4) is 0 Å². The molecular formula is C19H26N2O2. The summed E-state index contributed by atoms with van der Waals surface area (Å²) < 4.78 is 5.18. The zero-order chi connectivity index (χ0) is 16.1. The van der Waals surface area contributed by atoms with Gasteiger partial charge in [0.05, 0.1) is 18.2 Å². The maximum Gasteiger partial charge on any atom is 0.311 e. The number of carbonyl (C=O) groups is 1. The highest BCUT2D eigenvalue weighted by molar-refractivity contribution is 5.77. The van der Waals surface area contributed by atoms with Gasteiger partial charge in [-0.25, -0.2) is 0 Å². The lowest BCUT2D eigenvalue weighted by Gasteiger charge is -2.61. The van der Waals surface area contributed by atoms with Gasteiger partial charge in [-0.1, -0.05) is 6.07 Å². The zero-order valence-corrected chi connectivity index (χ0v) is 14.1. The van der Waals surface area contributed by atoms with Crippen molar-refractivity contribution in [2.45, 2.75) is 57.5 Å². The number of hydrogen-bond donors (Lipinski definition) is 1. The molecule has 23 heavy (non-hydrogen) atoms. The quantitative estimate of drug-likeness (QED) is 0.868. The van der Waals surface area contributed by atoms with E-state index in [4.69, 9.17) is 4.74 Å². The summed E-state index contributed by atoms with van der Waals surface area (Å²) >= 11 is 0. The van der Waals surface area contributed by atoms with Gasteiger partial charge >= 0.3 is 5.97 Å². The monoisotopic (exact) mass is 314 g/mol. The smallest absolute Gasteiger partial charge is 0.311 e. The molecule has 1 aromatic rings. The number of pyridine rings is 1. The van der Waals surface area contributed by atoms with Gasteiger partial charge in [0.2, 0.25) is 0 Å². The van der Waals surface area contributed by atoms with Crippen molar-refractivity contribution < 1.29 is 9.53 Å². The SMILES string of the molecule is COC(=O)C12CC3CC(CC(NCc4ccc(C)cn4)(C3)C1)C2. The summed E-state index contributed by atoms with van der Waals surface area (Å²) in [4.78, 5) is 17.0. The second-order valence-corrected chi connectivity index (χ2v) is 8.19. The summed E-state index contributed by atoms with van der Waals surface area (Å²) in [5, 5.41) is 3.80. The van der Waals surface area contributed by atoms with Crippen LogP contribution in [-0.4, -0.2) is 23.6 Å². The van der Waals surface area contributed by atoms with Crippen molar-refractivity contribution in [3.05, 3.63) is 29.6 Å². The normalized spacial score (nSPS) is 37.8. The second kappa shape index (κ2) is 5.30. The lowest BCUT2D eigenvalue weighted by molar-refractivity contribution is -0.172. The fourth-order valence-electron chi connectivity index (χ4n) is 5.81. The van der Waals surface area contributed by atoms with Gasteiger partial charge in [0.25, 0.3) is 0 Å². The van der Waals surface area contributed by atoms with Gasteiger partial charge in [0.15, 0.2) is 0 Å². The molecule has 5 rings (SSSR count). The van der Waals surface area contributed by atoms with Crippen molar-refractivity contribution in [1.82, 2.24) is 10.3 Å². The Hall–Kier alpha value is -1.42. The first kappa shape index (κ1) is 15.1. The van der Waals surface area contributed by atoms with Gasteiger partial charge in [-0.05, 0) is 68.9 Å². The average Bonchev–Trinajstić information content (AvgIpc) is 2.52. The van der Waals surface area contributed by atoms with E-state index in [2.05, 4.69) is 29.4 Å². The summed E-state index contributed by atoms with van der Waals surface area (Å²) in [6.45, 7) is 2.85. The van der Waals surface area contributed by atoms with E-state index in [1.54, 1.807) is 0 Å². The van der Waals surface area contributed by atoms with Gasteiger partial charge in [0.1, 0.15) is 0 Å². The zero-order valence-electron chi connectivity index (χ0n) is 14.1. The maximum atomic E-state index is 12.5. The Balaban J connectivity index is 1.53. The number of hydrogen-bond acceptors (Lipinski definition) is 4. The molecule has 1 N–H and O–H groups in total. The molecule has 0 saturated heterocycles. The standard InChI is InChI=1S/C19H26N2O2/c1-13-3-4-16(20-10-13)11-21-19-8-14-5-15(9-19)7-18(6-14,12-19)17(22)23-2/h3-4,10,14-15,21H,5-9,11-12H2,1-2H3. The molecular weight excluding hydrogens is 288 g/mol. The maximum absolute atomic E-state index is 12.5. The molecule has 2 atom stereocenters. The number of aromatic nitrogens is 1. The molecule has 2 unspecified atom stereocenters. The van der Waals surface area contributed by atoms with Gasteiger partial charge in [0, 0.05) is 18.3 Å². The molecule has 4 bridgehead atoms. The third-order valence-electron chi connectivity index (χ3n) is 6.30. The summed E-state index contributed by atoms with van der Waals surface area (Å²) in [6, 6.07) is 4.21. The summed E-state index contributed by atoms with van der Waals surface area (Å²) in [7, 11) is 1.54. The molecule has 0 aliphatic heterocycles. The molecule has 1 aromatic heterocycles. The van der Waals surface area contributed by atoms with E-state index < -0.39 is 0 Å². The third-order valence-corrected chi connectivity index (χ3v) is 6.30. The van der Waals surface area contributed by atoms with E-state index in [9.17, 15) is 4.79 Å². The molecule has 4 aliphatic carbocycles. The van der Waals surface area contributed by atoms with Gasteiger partial charge in [-0.2, -0.15) is 0 Å². The molecule has 1 heterocycles. The van der Waals surface area contributed by atoms with Crippen LogP contribution in [0.3, 0.4) is 0 Å². The minimum atomic E-state index is -0.230. The van der Waals surface area contributed by atoms with E-state index in [0.29, 0.717) is 11.8 Å². The van der Waals surface area contributed by atoms with Crippen LogP contribution in [0, 0.1) is 24.2 Å². The van der Waals surface area contributed by atoms with Crippen molar-refractivity contribution in [1.29, 1.82) is 0 Å². The number of nitrogens with zero attached hydrogens (tertiary/aromatic N) is 1. The summed E-state index contributed by atoms with van der Waals surface area (Å²) in [6.07, 6.45) is 8.62. The van der Waals surface area contributed by atoms with E-state index in [0.717, 1.165) is 31.5 Å². The lowest BCUT2D eigenvalue weighted by atomic mass is 9.47. The van der Waals surface area contributed by atoms with Gasteiger partial charge < -0.3 is 10.1 Å². The molecule has 0 radical (unpaired) electrons. The number of nitrogens with one attached hydrogen (secondary N) is 1. The number of rotatable bonds is 4. The van der Waals surface area contributed by atoms with Crippen LogP contribution >= 0.6 is 0 Å². The van der Waals surface area contributed by atoms with Gasteiger partial charge in [-0.3, -0.25) is 9.78 Å². The lowest BCUT2D eigenvalue weighted by Crippen LogP contribution is -2.63. The van der Waals surface area contributed by atoms with Crippen molar-refractivity contribution >= 4 is 5.97 Å². The topological polar surface area (TPSA) is 51.2 Å². The highest BCUT2D eigenvalue weighted by Crippen LogP contribution is 2.62. The average molecular weight is 314 g/mol. The van der Waals surface area contributed by atoms with Gasteiger partial charge in [-0.15, -0.1) is 0 Å². The molecule has 4 saturated carbocycles. The number of methoxy groups -OCH3 is 1. The Labute approximate surface area is 138 Å². The minimum Gasteiger partial charge on any atom is -0.469 e. The van der Waals surface area contributed by atoms with Crippen LogP contribution in [0.2, 0.25) is 0 Å². The molecule has 0 spiro atoms. The van der Waals surface area contributed by atoms with Crippen LogP contribution in [0.15, 0.2) is 18.3 Å². The minimum absolute atomic E-state index is 0.0197. The highest BCUT2D eigenvalue weighted by atomic mass is 16.5. The Kier molecular flexibility index (Phi) is 3.49. The molecule has 0 aromatic carbocycles. The molecule has 0 amide bonds. The first-order chi connectivity index (χ1) is 11.0. The number of ether oxygens (including phenoxy) is 1. The van der Waals surface area contributed by atoms with E-state index >= 15 is 0 Å². The fraction of sp³-hybridized carbons (Fsp3) is 0.684. The van der Waals surface area contributed by atoms with Crippen LogP contribution in [0.25, 0.3) is 0 Å².